The lowest BCUT2D eigenvalue weighted by molar-refractivity contribution is -0.136. The molecule has 1 heterocycles. The average molecular weight is 672 g/mol. The summed E-state index contributed by atoms with van der Waals surface area (Å²) in [6.07, 6.45) is 7.92. The number of carbonyl (C=O) groups is 4. The van der Waals surface area contributed by atoms with Gasteiger partial charge in [0.15, 0.2) is 0 Å². The standard InChI is InChI=1S/C35H53N5O8/c1-24(2)32(38-27(22-42)11-7-6-10-20-40-30(44)17-18-31(40)45)33(46)39-28(12-8-9-19-36-34(47)48-35(3,4)5)29(23-43)37-26-15-13-25(21-41)14-16-26/h13-18,22-24,28,32,37-38,41-43H,6-12,19-21H2,1-5H3,(H,36,47)(H,39,46)/b27-22+,29-23+/t28-,32-/m0/s1. The SMILES string of the molecule is CC(C)[C@H](N/C(=C/O)CCCCCN1C(=O)C=CC1=O)C(=O)N[C@@H](CCCCNC(=O)OC(C)(C)C)/C(=C\O)Nc1ccc(CO)cc1. The number of unbranched alkanes of at least 4 members (excludes halogenated alkanes) is 3. The molecule has 1 aliphatic heterocycles. The molecule has 0 aliphatic carbocycles. The molecule has 266 valence electrons. The molecule has 1 aliphatic rings. The number of imide groups is 1. The highest BCUT2D eigenvalue weighted by Gasteiger charge is 2.27. The summed E-state index contributed by atoms with van der Waals surface area (Å²) < 4.78 is 5.28. The number of allylic oxidation sites excluding steroid dienone is 1. The highest BCUT2D eigenvalue weighted by atomic mass is 16.6. The van der Waals surface area contributed by atoms with Crippen LogP contribution in [0, 0.1) is 5.92 Å². The van der Waals surface area contributed by atoms with E-state index < -0.39 is 23.8 Å². The van der Waals surface area contributed by atoms with Gasteiger partial charge in [-0.25, -0.2) is 4.79 Å². The largest absolute Gasteiger partial charge is 0.514 e. The van der Waals surface area contributed by atoms with Crippen molar-refractivity contribution in [1.29, 1.82) is 0 Å². The number of aliphatic hydroxyl groups is 3. The minimum Gasteiger partial charge on any atom is -0.514 e. The number of rotatable bonds is 20. The third-order valence-corrected chi connectivity index (χ3v) is 7.52. The molecule has 13 nitrogen and oxygen atoms in total. The van der Waals surface area contributed by atoms with Gasteiger partial charge in [0, 0.05) is 36.6 Å². The molecule has 0 spiro atoms. The second-order valence-electron chi connectivity index (χ2n) is 13.0. The summed E-state index contributed by atoms with van der Waals surface area (Å²) in [6.45, 7) is 9.71. The van der Waals surface area contributed by atoms with Gasteiger partial charge in [0.2, 0.25) is 5.91 Å². The van der Waals surface area contributed by atoms with Crippen LogP contribution in [0.3, 0.4) is 0 Å². The van der Waals surface area contributed by atoms with E-state index in [4.69, 9.17) is 4.74 Å². The summed E-state index contributed by atoms with van der Waals surface area (Å²) in [5.41, 5.74) is 1.60. The highest BCUT2D eigenvalue weighted by Crippen LogP contribution is 2.19. The summed E-state index contributed by atoms with van der Waals surface area (Å²) >= 11 is 0. The van der Waals surface area contributed by atoms with E-state index >= 15 is 0 Å². The molecule has 2 atom stereocenters. The highest BCUT2D eigenvalue weighted by molar-refractivity contribution is 6.12. The quantitative estimate of drug-likeness (QED) is 0.0583. The van der Waals surface area contributed by atoms with Crippen molar-refractivity contribution in [3.05, 3.63) is 65.9 Å². The predicted molar refractivity (Wildman–Crippen MR) is 184 cm³/mol. The molecular weight excluding hydrogens is 618 g/mol. The number of amides is 4. The molecule has 4 amide bonds. The van der Waals surface area contributed by atoms with Gasteiger partial charge in [0.05, 0.1) is 24.6 Å². The molecule has 0 unspecified atom stereocenters. The summed E-state index contributed by atoms with van der Waals surface area (Å²) in [5.74, 6) is -1.13. The number of hydrogen-bond acceptors (Lipinski definition) is 10. The molecule has 0 saturated heterocycles. The second kappa shape index (κ2) is 20.0. The maximum absolute atomic E-state index is 13.7. The van der Waals surface area contributed by atoms with Crippen molar-refractivity contribution in [2.75, 3.05) is 18.4 Å². The van der Waals surface area contributed by atoms with Crippen LogP contribution in [0.4, 0.5) is 10.5 Å². The van der Waals surface area contributed by atoms with Gasteiger partial charge in [-0.15, -0.1) is 0 Å². The van der Waals surface area contributed by atoms with Crippen molar-refractivity contribution in [3.63, 3.8) is 0 Å². The van der Waals surface area contributed by atoms with E-state index in [1.54, 1.807) is 45.0 Å². The number of aliphatic hydroxyl groups excluding tert-OH is 3. The fraction of sp³-hybridized carbons (Fsp3) is 0.543. The molecule has 48 heavy (non-hydrogen) atoms. The summed E-state index contributed by atoms with van der Waals surface area (Å²) in [4.78, 5) is 50.4. The molecular formula is C35H53N5O8. The Morgan fingerprint density at radius 2 is 1.58 bits per heavy atom. The molecule has 13 heteroatoms. The van der Waals surface area contributed by atoms with Gasteiger partial charge in [0.1, 0.15) is 17.9 Å². The van der Waals surface area contributed by atoms with Crippen LogP contribution in [0.2, 0.25) is 0 Å². The third-order valence-electron chi connectivity index (χ3n) is 7.52. The number of anilines is 1. The van der Waals surface area contributed by atoms with Crippen molar-refractivity contribution < 1.29 is 39.2 Å². The molecule has 0 aromatic heterocycles. The number of ether oxygens (including phenoxy) is 1. The predicted octanol–water partition coefficient (Wildman–Crippen LogP) is 4.67. The van der Waals surface area contributed by atoms with E-state index in [0.29, 0.717) is 75.1 Å². The Morgan fingerprint density at radius 3 is 2.15 bits per heavy atom. The van der Waals surface area contributed by atoms with Crippen LogP contribution in [-0.4, -0.2) is 74.8 Å². The molecule has 1 aromatic carbocycles. The zero-order valence-corrected chi connectivity index (χ0v) is 28.8. The molecule has 2 rings (SSSR count). The van der Waals surface area contributed by atoms with Crippen molar-refractivity contribution in [1.82, 2.24) is 20.9 Å². The Bertz CT molecular complexity index is 1280. The lowest BCUT2D eigenvalue weighted by Crippen LogP contribution is -2.51. The Balaban J connectivity index is 2.03. The van der Waals surface area contributed by atoms with Crippen LogP contribution in [0.25, 0.3) is 0 Å². The van der Waals surface area contributed by atoms with Crippen LogP contribution in [0.5, 0.6) is 0 Å². The minimum absolute atomic E-state index is 0.106. The first-order chi connectivity index (χ1) is 22.8. The maximum Gasteiger partial charge on any atom is 0.407 e. The number of carbonyl (C=O) groups excluding carboxylic acids is 4. The van der Waals surface area contributed by atoms with Gasteiger partial charge in [-0.3, -0.25) is 19.3 Å². The van der Waals surface area contributed by atoms with Gasteiger partial charge in [-0.1, -0.05) is 32.4 Å². The molecule has 0 fully saturated rings. The number of nitrogens with zero attached hydrogens (tertiary/aromatic N) is 1. The van der Waals surface area contributed by atoms with Crippen LogP contribution in [-0.2, 0) is 25.7 Å². The molecule has 1 aromatic rings. The van der Waals surface area contributed by atoms with Crippen LogP contribution in [0.15, 0.2) is 60.3 Å². The van der Waals surface area contributed by atoms with Gasteiger partial charge in [-0.05, 0) is 82.9 Å². The molecule has 0 bridgehead atoms. The van der Waals surface area contributed by atoms with E-state index in [0.717, 1.165) is 18.1 Å². The summed E-state index contributed by atoms with van der Waals surface area (Å²) in [6, 6.07) is 5.67. The fourth-order valence-electron chi connectivity index (χ4n) is 4.94. The summed E-state index contributed by atoms with van der Waals surface area (Å²) in [5, 5.41) is 41.6. The minimum atomic E-state index is -0.713. The number of alkyl carbamates (subject to hydrolysis) is 1. The first-order valence-corrected chi connectivity index (χ1v) is 16.5. The number of nitrogens with one attached hydrogen (secondary N) is 4. The van der Waals surface area contributed by atoms with Crippen molar-refractivity contribution in [2.45, 2.75) is 104 Å². The Morgan fingerprint density at radius 1 is 0.917 bits per heavy atom. The van der Waals surface area contributed by atoms with E-state index in [-0.39, 0.29) is 30.2 Å². The zero-order valence-electron chi connectivity index (χ0n) is 28.8. The Hall–Kier alpha value is -4.52. The first kappa shape index (κ1) is 39.7. The third kappa shape index (κ3) is 14.1. The van der Waals surface area contributed by atoms with Crippen molar-refractivity contribution >= 4 is 29.5 Å². The van der Waals surface area contributed by atoms with Crippen molar-refractivity contribution in [2.24, 2.45) is 5.92 Å². The van der Waals surface area contributed by atoms with Crippen molar-refractivity contribution in [3.8, 4) is 0 Å². The topological polar surface area (TPSA) is 190 Å². The fourth-order valence-corrected chi connectivity index (χ4v) is 4.94. The van der Waals surface area contributed by atoms with Crippen LogP contribution in [0.1, 0.15) is 85.1 Å². The number of benzene rings is 1. The van der Waals surface area contributed by atoms with Gasteiger partial charge < -0.3 is 41.3 Å². The normalized spacial score (nSPS) is 15.0. The smallest absolute Gasteiger partial charge is 0.407 e. The molecule has 0 saturated carbocycles. The van der Waals surface area contributed by atoms with E-state index in [2.05, 4.69) is 21.3 Å². The van der Waals surface area contributed by atoms with E-state index in [1.807, 2.05) is 13.8 Å². The lowest BCUT2D eigenvalue weighted by Gasteiger charge is -2.28. The first-order valence-electron chi connectivity index (χ1n) is 16.5. The second-order valence-corrected chi connectivity index (χ2v) is 13.0. The zero-order chi connectivity index (χ0) is 35.7. The lowest BCUT2D eigenvalue weighted by atomic mass is 10.00. The number of hydrogen-bond donors (Lipinski definition) is 7. The Labute approximate surface area is 283 Å². The monoisotopic (exact) mass is 671 g/mol. The van der Waals surface area contributed by atoms with Gasteiger partial charge in [-0.2, -0.15) is 0 Å². The van der Waals surface area contributed by atoms with Crippen LogP contribution < -0.4 is 21.3 Å². The molecule has 0 radical (unpaired) electrons. The average Bonchev–Trinajstić information content (AvgIpc) is 3.35. The maximum atomic E-state index is 13.7. The summed E-state index contributed by atoms with van der Waals surface area (Å²) in [7, 11) is 0. The Kier molecular flexibility index (Phi) is 16.5. The van der Waals surface area contributed by atoms with Gasteiger partial charge in [0.25, 0.3) is 11.8 Å². The molecule has 7 N–H and O–H groups in total. The van der Waals surface area contributed by atoms with E-state index in [9.17, 15) is 34.5 Å². The van der Waals surface area contributed by atoms with Gasteiger partial charge >= 0.3 is 6.09 Å². The van der Waals surface area contributed by atoms with E-state index in [1.165, 1.54) is 17.1 Å². The van der Waals surface area contributed by atoms with Crippen LogP contribution >= 0.6 is 0 Å².